The van der Waals surface area contributed by atoms with Crippen molar-refractivity contribution in [3.8, 4) is 0 Å². The maximum Gasteiger partial charge on any atom is 0.200 e. The van der Waals surface area contributed by atoms with E-state index in [0.29, 0.717) is 12.3 Å². The van der Waals surface area contributed by atoms with Gasteiger partial charge in [-0.2, -0.15) is 0 Å². The summed E-state index contributed by atoms with van der Waals surface area (Å²) in [6.07, 6.45) is 0.812. The SMILES string of the molecule is CCP(=O)(O)CC.[Al]. The van der Waals surface area contributed by atoms with Crippen molar-refractivity contribution in [3.63, 3.8) is 0 Å². The summed E-state index contributed by atoms with van der Waals surface area (Å²) in [4.78, 5) is 8.69. The molecule has 0 spiro atoms. The van der Waals surface area contributed by atoms with Gasteiger partial charge in [0.25, 0.3) is 0 Å². The highest BCUT2D eigenvalue weighted by Gasteiger charge is 2.08. The van der Waals surface area contributed by atoms with E-state index in [2.05, 4.69) is 0 Å². The van der Waals surface area contributed by atoms with Crippen LogP contribution in [0.4, 0.5) is 0 Å². The fourth-order valence-electron chi connectivity index (χ4n) is 0.224. The molecule has 47 valence electrons. The molecular weight excluding hydrogens is 138 g/mol. The minimum Gasteiger partial charge on any atom is -0.344 e. The van der Waals surface area contributed by atoms with Gasteiger partial charge >= 0.3 is 0 Å². The highest BCUT2D eigenvalue weighted by Crippen LogP contribution is 2.38. The average Bonchev–Trinajstić information content (AvgIpc) is 1.68. The maximum atomic E-state index is 10.5. The molecule has 0 aliphatic carbocycles. The van der Waals surface area contributed by atoms with E-state index in [1.54, 1.807) is 13.8 Å². The minimum atomic E-state index is -2.65. The molecule has 0 amide bonds. The summed E-state index contributed by atoms with van der Waals surface area (Å²) >= 11 is 0. The van der Waals surface area contributed by atoms with Crippen LogP contribution in [0, 0.1) is 0 Å². The van der Waals surface area contributed by atoms with E-state index < -0.39 is 7.37 Å². The topological polar surface area (TPSA) is 37.3 Å². The quantitative estimate of drug-likeness (QED) is 0.468. The third kappa shape index (κ3) is 4.87. The van der Waals surface area contributed by atoms with Crippen molar-refractivity contribution in [2.24, 2.45) is 0 Å². The van der Waals surface area contributed by atoms with E-state index in [1.807, 2.05) is 0 Å². The first-order valence-electron chi connectivity index (χ1n) is 2.43. The second-order valence-corrected chi connectivity index (χ2v) is 4.44. The molecule has 0 aliphatic heterocycles. The normalized spacial score (nSPS) is 10.4. The molecule has 0 aromatic heterocycles. The van der Waals surface area contributed by atoms with E-state index in [4.69, 9.17) is 4.89 Å². The molecule has 0 rings (SSSR count). The third-order valence-electron chi connectivity index (χ3n) is 0.988. The molecular formula is C4H11AlO2P. The van der Waals surface area contributed by atoms with Crippen LogP contribution < -0.4 is 0 Å². The fraction of sp³-hybridized carbons (Fsp3) is 1.00. The first-order valence-corrected chi connectivity index (χ1v) is 4.46. The minimum absolute atomic E-state index is 0. The third-order valence-corrected chi connectivity index (χ3v) is 2.96. The van der Waals surface area contributed by atoms with Gasteiger partial charge in [0.05, 0.1) is 0 Å². The lowest BCUT2D eigenvalue weighted by Crippen LogP contribution is -1.84. The molecule has 8 heavy (non-hydrogen) atoms. The lowest BCUT2D eigenvalue weighted by Gasteiger charge is -2.01. The fourth-order valence-corrected chi connectivity index (χ4v) is 0.671. The molecule has 0 atom stereocenters. The highest BCUT2D eigenvalue weighted by molar-refractivity contribution is 7.57. The first kappa shape index (κ1) is 11.5. The van der Waals surface area contributed by atoms with Crippen molar-refractivity contribution in [1.29, 1.82) is 0 Å². The molecule has 0 heterocycles. The van der Waals surface area contributed by atoms with Crippen LogP contribution in [0.5, 0.6) is 0 Å². The summed E-state index contributed by atoms with van der Waals surface area (Å²) in [6.45, 7) is 3.45. The molecule has 0 aliphatic rings. The van der Waals surface area contributed by atoms with Crippen molar-refractivity contribution in [1.82, 2.24) is 0 Å². The maximum absolute atomic E-state index is 10.5. The zero-order chi connectivity index (χ0) is 5.91. The van der Waals surface area contributed by atoms with Crippen molar-refractivity contribution in [3.05, 3.63) is 0 Å². The molecule has 0 unspecified atom stereocenters. The summed E-state index contributed by atoms with van der Waals surface area (Å²) in [5, 5.41) is 0. The van der Waals surface area contributed by atoms with Gasteiger partial charge < -0.3 is 4.89 Å². The first-order chi connectivity index (χ1) is 3.12. The zero-order valence-corrected chi connectivity index (χ0v) is 7.34. The van der Waals surface area contributed by atoms with Crippen LogP contribution in [0.1, 0.15) is 13.8 Å². The smallest absolute Gasteiger partial charge is 0.200 e. The van der Waals surface area contributed by atoms with Gasteiger partial charge in [-0.3, -0.25) is 4.57 Å². The molecule has 0 aromatic rings. The van der Waals surface area contributed by atoms with Crippen molar-refractivity contribution < 1.29 is 9.46 Å². The van der Waals surface area contributed by atoms with Gasteiger partial charge in [0, 0.05) is 29.7 Å². The highest BCUT2D eigenvalue weighted by atomic mass is 31.2. The van der Waals surface area contributed by atoms with Crippen LogP contribution in [0.3, 0.4) is 0 Å². The van der Waals surface area contributed by atoms with Gasteiger partial charge in [-0.1, -0.05) is 13.8 Å². The predicted octanol–water partition coefficient (Wildman–Crippen LogP) is 0.916. The predicted molar refractivity (Wildman–Crippen MR) is 36.7 cm³/mol. The van der Waals surface area contributed by atoms with Crippen molar-refractivity contribution in [2.75, 3.05) is 12.3 Å². The Bertz CT molecular complexity index is 86.0. The average molecular weight is 149 g/mol. The monoisotopic (exact) mass is 149 g/mol. The second-order valence-electron chi connectivity index (χ2n) is 1.48. The van der Waals surface area contributed by atoms with E-state index in [-0.39, 0.29) is 17.4 Å². The lowest BCUT2D eigenvalue weighted by molar-refractivity contribution is 0.481. The van der Waals surface area contributed by atoms with Crippen LogP contribution >= 0.6 is 7.37 Å². The summed E-state index contributed by atoms with van der Waals surface area (Å²) in [6, 6.07) is 0. The summed E-state index contributed by atoms with van der Waals surface area (Å²) in [5.74, 6) is 0. The molecule has 0 bridgehead atoms. The van der Waals surface area contributed by atoms with Gasteiger partial charge in [-0.15, -0.1) is 0 Å². The molecule has 3 radical (unpaired) electrons. The Morgan fingerprint density at radius 2 is 1.62 bits per heavy atom. The van der Waals surface area contributed by atoms with E-state index in [9.17, 15) is 4.57 Å². The van der Waals surface area contributed by atoms with Crippen LogP contribution in [0.25, 0.3) is 0 Å². The zero-order valence-electron chi connectivity index (χ0n) is 5.29. The van der Waals surface area contributed by atoms with Crippen LogP contribution in [0.2, 0.25) is 0 Å². The Morgan fingerprint density at radius 1 is 1.38 bits per heavy atom. The molecule has 0 aromatic carbocycles. The summed E-state index contributed by atoms with van der Waals surface area (Å²) in [5.41, 5.74) is 0. The molecule has 0 fully saturated rings. The van der Waals surface area contributed by atoms with Crippen LogP contribution in [-0.4, -0.2) is 34.6 Å². The Hall–Kier alpha value is 0.722. The molecule has 1 N–H and O–H groups in total. The van der Waals surface area contributed by atoms with Gasteiger partial charge in [0.1, 0.15) is 0 Å². The van der Waals surface area contributed by atoms with Crippen molar-refractivity contribution in [2.45, 2.75) is 13.8 Å². The largest absolute Gasteiger partial charge is 0.344 e. The second kappa shape index (κ2) is 4.59. The van der Waals surface area contributed by atoms with Crippen LogP contribution in [-0.2, 0) is 4.57 Å². The number of rotatable bonds is 2. The summed E-state index contributed by atoms with van der Waals surface area (Å²) < 4.78 is 10.5. The van der Waals surface area contributed by atoms with Crippen LogP contribution in [0.15, 0.2) is 0 Å². The standard InChI is InChI=1S/C4H11O2P.Al/c1-3-7(5,6)4-2;/h3-4H2,1-2H3,(H,5,6);. The molecule has 2 nitrogen and oxygen atoms in total. The van der Waals surface area contributed by atoms with Gasteiger partial charge in [-0.05, 0) is 0 Å². The summed E-state index contributed by atoms with van der Waals surface area (Å²) in [7, 11) is -2.65. The van der Waals surface area contributed by atoms with E-state index in [1.165, 1.54) is 0 Å². The number of hydrogen-bond donors (Lipinski definition) is 1. The van der Waals surface area contributed by atoms with Gasteiger partial charge in [-0.25, -0.2) is 0 Å². The lowest BCUT2D eigenvalue weighted by atomic mass is 11.0. The molecule has 4 heteroatoms. The molecule has 0 saturated carbocycles. The van der Waals surface area contributed by atoms with E-state index >= 15 is 0 Å². The van der Waals surface area contributed by atoms with Crippen molar-refractivity contribution >= 4 is 24.7 Å². The van der Waals surface area contributed by atoms with Gasteiger partial charge in [0.15, 0.2) is 7.37 Å². The Kier molecular flexibility index (Phi) is 6.60. The Balaban J connectivity index is 0. The number of hydrogen-bond acceptors (Lipinski definition) is 1. The van der Waals surface area contributed by atoms with Gasteiger partial charge in [0.2, 0.25) is 0 Å². The Labute approximate surface area is 60.9 Å². The molecule has 0 saturated heterocycles. The Morgan fingerprint density at radius 3 is 1.62 bits per heavy atom. The van der Waals surface area contributed by atoms with E-state index in [0.717, 1.165) is 0 Å².